The molecule has 1 aromatic rings. The molecule has 6 heteroatoms. The molecule has 2 N–H and O–H groups in total. The van der Waals surface area contributed by atoms with E-state index in [4.69, 9.17) is 5.26 Å². The van der Waals surface area contributed by atoms with Crippen LogP contribution in [-0.2, 0) is 6.18 Å². The maximum absolute atomic E-state index is 12.8. The minimum absolute atomic E-state index is 0.257. The lowest BCUT2D eigenvalue weighted by Crippen LogP contribution is -2.43. The van der Waals surface area contributed by atoms with Crippen LogP contribution in [0.5, 0.6) is 0 Å². The summed E-state index contributed by atoms with van der Waals surface area (Å²) in [4.78, 5) is 0. The van der Waals surface area contributed by atoms with Gasteiger partial charge in [0, 0.05) is 23.8 Å². The summed E-state index contributed by atoms with van der Waals surface area (Å²) in [6.07, 6.45) is -0.213. The maximum Gasteiger partial charge on any atom is 0.417 e. The number of halogens is 3. The molecule has 2 atom stereocenters. The highest BCUT2D eigenvalue weighted by Crippen LogP contribution is 2.34. The number of alkyl halides is 3. The monoisotopic (exact) mass is 295 g/mol. The summed E-state index contributed by atoms with van der Waals surface area (Å²) in [5.74, 6) is 0. The van der Waals surface area contributed by atoms with Crippen molar-refractivity contribution in [3.8, 4) is 6.07 Å². The molecule has 0 amide bonds. The van der Waals surface area contributed by atoms with Crippen molar-refractivity contribution in [1.29, 1.82) is 5.26 Å². The van der Waals surface area contributed by atoms with E-state index in [1.807, 2.05) is 0 Å². The van der Waals surface area contributed by atoms with E-state index >= 15 is 0 Å². The highest BCUT2D eigenvalue weighted by Gasteiger charge is 2.35. The third-order valence-electron chi connectivity index (χ3n) is 4.29. The predicted octanol–water partition coefficient (Wildman–Crippen LogP) is 3.27. The Hall–Kier alpha value is -1.74. The Labute approximate surface area is 121 Å². The number of rotatable bonds is 2. The lowest BCUT2D eigenvalue weighted by Gasteiger charge is -2.30. The van der Waals surface area contributed by atoms with Crippen LogP contribution in [0.4, 0.5) is 18.9 Å². The third-order valence-corrected chi connectivity index (χ3v) is 4.29. The molecular weight excluding hydrogens is 279 g/mol. The van der Waals surface area contributed by atoms with Crippen molar-refractivity contribution in [2.45, 2.75) is 50.0 Å². The first-order valence-corrected chi connectivity index (χ1v) is 7.09. The molecule has 3 nitrogen and oxygen atoms in total. The Morgan fingerprint density at radius 1 is 1.19 bits per heavy atom. The summed E-state index contributed by atoms with van der Waals surface area (Å²) in [6.45, 7) is 0. The van der Waals surface area contributed by atoms with Crippen LogP contribution in [-0.4, -0.2) is 18.1 Å². The Balaban J connectivity index is 1.76. The summed E-state index contributed by atoms with van der Waals surface area (Å²) < 4.78 is 38.3. The van der Waals surface area contributed by atoms with Crippen molar-refractivity contribution in [3.05, 3.63) is 29.3 Å². The van der Waals surface area contributed by atoms with Gasteiger partial charge in [-0.05, 0) is 43.9 Å². The highest BCUT2D eigenvalue weighted by atomic mass is 19.4. The number of hydrogen-bond acceptors (Lipinski definition) is 3. The van der Waals surface area contributed by atoms with Crippen LogP contribution in [0.2, 0.25) is 0 Å². The molecule has 2 bridgehead atoms. The number of anilines is 1. The zero-order chi connectivity index (χ0) is 15.0. The van der Waals surface area contributed by atoms with Gasteiger partial charge in [-0.25, -0.2) is 0 Å². The SMILES string of the molecule is N#Cc1cc(NC2CC3CCC(C2)N3)ccc1C(F)(F)F. The van der Waals surface area contributed by atoms with Crippen LogP contribution in [0.25, 0.3) is 0 Å². The van der Waals surface area contributed by atoms with Crippen molar-refractivity contribution < 1.29 is 13.2 Å². The van der Waals surface area contributed by atoms with Crippen molar-refractivity contribution >= 4 is 5.69 Å². The summed E-state index contributed by atoms with van der Waals surface area (Å²) in [7, 11) is 0. The van der Waals surface area contributed by atoms with Crippen molar-refractivity contribution in [1.82, 2.24) is 5.32 Å². The van der Waals surface area contributed by atoms with E-state index in [1.54, 1.807) is 6.07 Å². The van der Waals surface area contributed by atoms with Gasteiger partial charge in [0.05, 0.1) is 17.2 Å². The second kappa shape index (κ2) is 5.23. The van der Waals surface area contributed by atoms with Crippen LogP contribution in [0.3, 0.4) is 0 Å². The lowest BCUT2D eigenvalue weighted by atomic mass is 9.99. The number of nitrogens with zero attached hydrogens (tertiary/aromatic N) is 1. The van der Waals surface area contributed by atoms with Gasteiger partial charge in [-0.15, -0.1) is 0 Å². The van der Waals surface area contributed by atoms with Crippen LogP contribution in [0.1, 0.15) is 36.8 Å². The molecule has 2 heterocycles. The number of benzene rings is 1. The Morgan fingerprint density at radius 3 is 2.43 bits per heavy atom. The highest BCUT2D eigenvalue weighted by molar-refractivity contribution is 5.54. The van der Waals surface area contributed by atoms with E-state index in [0.29, 0.717) is 17.8 Å². The van der Waals surface area contributed by atoms with Crippen molar-refractivity contribution in [2.75, 3.05) is 5.32 Å². The standard InChI is InChI=1S/C15H16F3N3/c16-15(17,18)14-4-3-10(5-9(14)8-19)21-13-6-11-1-2-12(7-13)20-11/h3-5,11-13,20-21H,1-2,6-7H2. The molecule has 2 aliphatic rings. The lowest BCUT2D eigenvalue weighted by molar-refractivity contribution is -0.137. The minimum Gasteiger partial charge on any atom is -0.382 e. The fraction of sp³-hybridized carbons (Fsp3) is 0.533. The first kappa shape index (κ1) is 14.2. The van der Waals surface area contributed by atoms with E-state index in [-0.39, 0.29) is 11.6 Å². The molecule has 2 unspecified atom stereocenters. The van der Waals surface area contributed by atoms with Gasteiger partial charge >= 0.3 is 6.18 Å². The summed E-state index contributed by atoms with van der Waals surface area (Å²) >= 11 is 0. The molecule has 2 aliphatic heterocycles. The van der Waals surface area contributed by atoms with Gasteiger partial charge < -0.3 is 10.6 Å². The molecule has 0 radical (unpaired) electrons. The fourth-order valence-corrected chi connectivity index (χ4v) is 3.38. The normalized spacial score (nSPS) is 28.2. The van der Waals surface area contributed by atoms with Gasteiger partial charge in [0.2, 0.25) is 0 Å². The second-order valence-electron chi connectivity index (χ2n) is 5.82. The van der Waals surface area contributed by atoms with Crippen molar-refractivity contribution in [3.63, 3.8) is 0 Å². The maximum atomic E-state index is 12.8. The Kier molecular flexibility index (Phi) is 3.54. The average Bonchev–Trinajstić information content (AvgIpc) is 2.76. The minimum atomic E-state index is -4.49. The molecule has 2 fully saturated rings. The summed E-state index contributed by atoms with van der Waals surface area (Å²) in [6, 6.07) is 6.60. The molecule has 3 rings (SSSR count). The predicted molar refractivity (Wildman–Crippen MR) is 72.7 cm³/mol. The number of hydrogen-bond donors (Lipinski definition) is 2. The van der Waals surface area contributed by atoms with E-state index in [9.17, 15) is 13.2 Å². The Bertz CT molecular complexity index is 565. The molecule has 0 saturated carbocycles. The van der Waals surface area contributed by atoms with Gasteiger partial charge in [0.25, 0.3) is 0 Å². The van der Waals surface area contributed by atoms with Crippen LogP contribution in [0.15, 0.2) is 18.2 Å². The van der Waals surface area contributed by atoms with E-state index in [2.05, 4.69) is 10.6 Å². The molecule has 2 saturated heterocycles. The number of fused-ring (bicyclic) bond motifs is 2. The summed E-state index contributed by atoms with van der Waals surface area (Å²) in [5.41, 5.74) is -0.615. The number of nitrogens with one attached hydrogen (secondary N) is 2. The van der Waals surface area contributed by atoms with Gasteiger partial charge in [0.1, 0.15) is 0 Å². The van der Waals surface area contributed by atoms with Crippen LogP contribution < -0.4 is 10.6 Å². The molecule has 0 spiro atoms. The Morgan fingerprint density at radius 2 is 1.86 bits per heavy atom. The molecule has 1 aromatic carbocycles. The quantitative estimate of drug-likeness (QED) is 0.880. The summed E-state index contributed by atoms with van der Waals surface area (Å²) in [5, 5.41) is 15.7. The smallest absolute Gasteiger partial charge is 0.382 e. The second-order valence-corrected chi connectivity index (χ2v) is 5.82. The fourth-order valence-electron chi connectivity index (χ4n) is 3.38. The van der Waals surface area contributed by atoms with Gasteiger partial charge in [-0.1, -0.05) is 0 Å². The topological polar surface area (TPSA) is 47.9 Å². The molecule has 21 heavy (non-hydrogen) atoms. The van der Waals surface area contributed by atoms with E-state index in [0.717, 1.165) is 18.9 Å². The number of nitriles is 1. The number of piperidine rings is 1. The van der Waals surface area contributed by atoms with Crippen LogP contribution in [0, 0.1) is 11.3 Å². The van der Waals surface area contributed by atoms with Gasteiger partial charge in [-0.2, -0.15) is 18.4 Å². The molecule has 0 aromatic heterocycles. The van der Waals surface area contributed by atoms with Crippen LogP contribution >= 0.6 is 0 Å². The van der Waals surface area contributed by atoms with E-state index in [1.165, 1.54) is 25.0 Å². The third kappa shape index (κ3) is 2.98. The average molecular weight is 295 g/mol. The zero-order valence-electron chi connectivity index (χ0n) is 11.4. The van der Waals surface area contributed by atoms with Gasteiger partial charge in [0.15, 0.2) is 0 Å². The zero-order valence-corrected chi connectivity index (χ0v) is 11.4. The first-order valence-electron chi connectivity index (χ1n) is 7.09. The van der Waals surface area contributed by atoms with Gasteiger partial charge in [-0.3, -0.25) is 0 Å². The molecular formula is C15H16F3N3. The first-order chi connectivity index (χ1) is 9.95. The molecule has 112 valence electrons. The van der Waals surface area contributed by atoms with E-state index < -0.39 is 11.7 Å². The van der Waals surface area contributed by atoms with Crippen molar-refractivity contribution in [2.24, 2.45) is 0 Å². The molecule has 0 aliphatic carbocycles. The largest absolute Gasteiger partial charge is 0.417 e.